The van der Waals surface area contributed by atoms with Crippen molar-refractivity contribution in [1.29, 1.82) is 0 Å². The second-order valence-electron chi connectivity index (χ2n) is 2.40. The van der Waals surface area contributed by atoms with Crippen molar-refractivity contribution < 1.29 is 6.17 Å². The molecule has 1 aromatic rings. The predicted octanol–water partition coefficient (Wildman–Crippen LogP) is 1.64. The Bertz CT molecular complexity index is 430. The molecule has 1 heterocycles. The molecule has 1 N–H and O–H groups in total. The largest absolute Gasteiger partial charge is 0.346 e. The fourth-order valence-corrected chi connectivity index (χ4v) is 1.05. The van der Waals surface area contributed by atoms with Crippen LogP contribution in [0.1, 0.15) is 6.93 Å². The summed E-state index contributed by atoms with van der Waals surface area (Å²) in [6, 6.07) is 8.36. The molecule has 2 rings (SSSR count). The van der Waals surface area contributed by atoms with Crippen molar-refractivity contribution in [1.82, 2.24) is 0 Å². The summed E-state index contributed by atoms with van der Waals surface area (Å²) in [6.07, 6.45) is 1.61. The van der Waals surface area contributed by atoms with Gasteiger partial charge in [0.2, 0.25) is 0 Å². The Labute approximate surface area is 71.6 Å². The van der Waals surface area contributed by atoms with Crippen LogP contribution in [-0.2, 0) is 4.79 Å². The lowest BCUT2D eigenvalue weighted by Gasteiger charge is -2.11. The average molecular weight is 157 g/mol. The molecule has 0 spiro atoms. The van der Waals surface area contributed by atoms with Gasteiger partial charge in [-0.05, 0) is 29.8 Å². The summed E-state index contributed by atoms with van der Waals surface area (Å²) < 4.78 is 7.45. The molecule has 12 heavy (non-hydrogen) atoms. The van der Waals surface area contributed by atoms with Crippen LogP contribution < -0.4 is 5.32 Å². The Morgan fingerprint density at radius 2 is 2.58 bits per heavy atom. The summed E-state index contributed by atoms with van der Waals surface area (Å²) in [7, 11) is 0. The van der Waals surface area contributed by atoms with Gasteiger partial charge in [0.25, 0.3) is 0 Å². The molecule has 1 radical (unpaired) electrons. The second kappa shape index (κ2) is 2.68. The lowest BCUT2D eigenvalue weighted by Crippen LogP contribution is -2.02. The molecule has 0 aliphatic carbocycles. The summed E-state index contributed by atoms with van der Waals surface area (Å²) >= 11 is 0. The normalized spacial score (nSPS) is 15.2. The molecule has 0 saturated heterocycles. The zero-order valence-electron chi connectivity index (χ0n) is 7.22. The maximum absolute atomic E-state index is 10.4. The van der Waals surface area contributed by atoms with E-state index in [2.05, 4.69) is 11.4 Å². The van der Waals surface area contributed by atoms with Gasteiger partial charge in [0.15, 0.2) is 5.94 Å². The highest BCUT2D eigenvalue weighted by Gasteiger charge is 2.04. The van der Waals surface area contributed by atoms with Crippen LogP contribution in [0.3, 0.4) is 0 Å². The number of rotatable bonds is 0. The zero-order valence-corrected chi connectivity index (χ0v) is 6.22. The minimum Gasteiger partial charge on any atom is -0.346 e. The third-order valence-corrected chi connectivity index (χ3v) is 1.63. The van der Waals surface area contributed by atoms with E-state index in [1.54, 1.807) is 30.2 Å². The predicted molar refractivity (Wildman–Crippen MR) is 47.1 cm³/mol. The highest BCUT2D eigenvalue weighted by Crippen LogP contribution is 2.22. The fraction of sp³-hybridized carbons (Fsp3) is 0. The van der Waals surface area contributed by atoms with Gasteiger partial charge in [-0.3, -0.25) is 0 Å². The first-order chi connectivity index (χ1) is 6.31. The minimum atomic E-state index is 0.155. The highest BCUT2D eigenvalue weighted by molar-refractivity contribution is 5.79. The Hall–Kier alpha value is -1.79. The molecular weight excluding hydrogens is 150 g/mol. The summed E-state index contributed by atoms with van der Waals surface area (Å²) in [5.74, 6) is 1.68. The Balaban J connectivity index is 2.59. The summed E-state index contributed by atoms with van der Waals surface area (Å²) in [4.78, 5) is 10.4. The molecule has 57 valence electrons. The lowest BCUT2D eigenvalue weighted by atomic mass is 10.1. The molecule has 1 aliphatic rings. The van der Waals surface area contributed by atoms with E-state index in [0.717, 1.165) is 11.3 Å². The number of carbonyl (C=O) groups excluding carboxylic acids is 1. The lowest BCUT2D eigenvalue weighted by molar-refractivity contribution is 0.568. The third kappa shape index (κ3) is 1.04. The van der Waals surface area contributed by atoms with E-state index in [4.69, 9.17) is 1.37 Å². The Kier molecular flexibility index (Phi) is 1.30. The van der Waals surface area contributed by atoms with Crippen molar-refractivity contribution in [3.8, 4) is 0 Å². The van der Waals surface area contributed by atoms with Gasteiger partial charge in [-0.2, -0.15) is 0 Å². The summed E-state index contributed by atoms with van der Waals surface area (Å²) in [5.41, 5.74) is 1.86. The Morgan fingerprint density at radius 3 is 3.42 bits per heavy atom. The molecule has 1 aromatic carbocycles. The van der Waals surface area contributed by atoms with Crippen molar-refractivity contribution in [3.05, 3.63) is 41.6 Å². The van der Waals surface area contributed by atoms with E-state index in [1.165, 1.54) is 0 Å². The van der Waals surface area contributed by atoms with E-state index in [1.807, 2.05) is 0 Å². The van der Waals surface area contributed by atoms with Crippen LogP contribution in [-0.4, -0.2) is 5.94 Å². The van der Waals surface area contributed by atoms with Crippen molar-refractivity contribution in [2.24, 2.45) is 0 Å². The van der Waals surface area contributed by atoms with Crippen LogP contribution in [0.15, 0.2) is 29.9 Å². The first-order valence-electron chi connectivity index (χ1n) is 4.02. The molecule has 0 fully saturated rings. The molecule has 0 bridgehead atoms. The van der Waals surface area contributed by atoms with Crippen molar-refractivity contribution in [3.63, 3.8) is 0 Å². The third-order valence-electron chi connectivity index (χ3n) is 1.63. The van der Waals surface area contributed by atoms with Crippen LogP contribution in [0.2, 0.25) is 0 Å². The van der Waals surface area contributed by atoms with Gasteiger partial charge in [0.1, 0.15) is 5.70 Å². The number of allylic oxidation sites excluding steroid dienone is 1. The first-order valence-corrected chi connectivity index (χ1v) is 3.52. The smallest absolute Gasteiger partial charge is 0.150 e. The monoisotopic (exact) mass is 157 g/mol. The summed E-state index contributed by atoms with van der Waals surface area (Å²) in [6.45, 7) is 0. The number of hydrogen-bond donors (Lipinski definition) is 1. The second-order valence-corrected chi connectivity index (χ2v) is 2.40. The SMILES string of the molecule is [2H]C1=Cc2c[c]ccc2NC1=C=O. The highest BCUT2D eigenvalue weighted by atomic mass is 16.1. The molecule has 0 atom stereocenters. The quantitative estimate of drug-likeness (QED) is 0.580. The number of nitrogens with one attached hydrogen (secondary N) is 1. The summed E-state index contributed by atoms with van der Waals surface area (Å²) in [5, 5.41) is 2.81. The van der Waals surface area contributed by atoms with E-state index in [9.17, 15) is 4.79 Å². The molecule has 0 unspecified atom stereocenters. The van der Waals surface area contributed by atoms with E-state index in [-0.39, 0.29) is 11.7 Å². The zero-order chi connectivity index (χ0) is 9.26. The first kappa shape index (κ1) is 5.81. The molecule has 1 aliphatic heterocycles. The number of anilines is 1. The number of fused-ring (bicyclic) bond motifs is 1. The van der Waals surface area contributed by atoms with Gasteiger partial charge in [-0.15, -0.1) is 0 Å². The number of hydrogen-bond acceptors (Lipinski definition) is 2. The van der Waals surface area contributed by atoms with Crippen LogP contribution >= 0.6 is 0 Å². The minimum absolute atomic E-state index is 0.155. The van der Waals surface area contributed by atoms with Gasteiger partial charge >= 0.3 is 0 Å². The van der Waals surface area contributed by atoms with Crippen LogP contribution in [0.5, 0.6) is 0 Å². The maximum Gasteiger partial charge on any atom is 0.150 e. The van der Waals surface area contributed by atoms with Crippen molar-refractivity contribution in [2.75, 3.05) is 5.32 Å². The van der Waals surface area contributed by atoms with Gasteiger partial charge in [-0.1, -0.05) is 12.1 Å². The molecule has 2 heteroatoms. The topological polar surface area (TPSA) is 29.1 Å². The van der Waals surface area contributed by atoms with Gasteiger partial charge in [-0.25, -0.2) is 4.79 Å². The molecular formula is C10H6NO. The average Bonchev–Trinajstić information content (AvgIpc) is 2.17. The van der Waals surface area contributed by atoms with E-state index >= 15 is 0 Å². The van der Waals surface area contributed by atoms with Crippen LogP contribution in [0.4, 0.5) is 5.69 Å². The fourth-order valence-electron chi connectivity index (χ4n) is 1.05. The molecule has 0 aromatic heterocycles. The Morgan fingerprint density at radius 1 is 1.67 bits per heavy atom. The standard InChI is InChI=1S/C10H6NO/c12-7-9-6-5-8-3-1-2-4-10(8)11-9/h2-6,11H/i6D. The number of benzene rings is 1. The molecule has 0 amide bonds. The van der Waals surface area contributed by atoms with Crippen LogP contribution in [0, 0.1) is 6.07 Å². The molecule has 0 saturated carbocycles. The van der Waals surface area contributed by atoms with E-state index in [0.29, 0.717) is 0 Å². The van der Waals surface area contributed by atoms with Gasteiger partial charge < -0.3 is 5.32 Å². The van der Waals surface area contributed by atoms with Crippen molar-refractivity contribution >= 4 is 17.7 Å². The van der Waals surface area contributed by atoms with E-state index < -0.39 is 0 Å². The van der Waals surface area contributed by atoms with Gasteiger partial charge in [0.05, 0.1) is 1.37 Å². The van der Waals surface area contributed by atoms with Crippen LogP contribution in [0.25, 0.3) is 6.08 Å². The maximum atomic E-state index is 10.4. The van der Waals surface area contributed by atoms with Gasteiger partial charge in [0, 0.05) is 5.69 Å². The molecule has 2 nitrogen and oxygen atoms in total. The van der Waals surface area contributed by atoms with Crippen molar-refractivity contribution in [2.45, 2.75) is 0 Å².